The third-order valence-electron chi connectivity index (χ3n) is 3.66. The Morgan fingerprint density at radius 1 is 1.53 bits per heavy atom. The second-order valence-electron chi connectivity index (χ2n) is 5.30. The predicted molar refractivity (Wildman–Crippen MR) is 68.4 cm³/mol. The lowest BCUT2D eigenvalue weighted by Crippen LogP contribution is -2.44. The van der Waals surface area contributed by atoms with Gasteiger partial charge in [-0.15, -0.1) is 0 Å². The molecule has 2 fully saturated rings. The first kappa shape index (κ1) is 13.5. The zero-order valence-corrected chi connectivity index (χ0v) is 11.3. The summed E-state index contributed by atoms with van der Waals surface area (Å²) in [5, 5.41) is 0.268. The minimum Gasteiger partial charge on any atom is -0.378 e. The molecule has 2 aliphatic rings. The summed E-state index contributed by atoms with van der Waals surface area (Å²) < 4.78 is 23.5. The highest BCUT2D eigenvalue weighted by Gasteiger charge is 2.42. The third kappa shape index (κ3) is 3.50. The Labute approximate surface area is 106 Å². The number of hydrogen-bond donors (Lipinski definition) is 1. The van der Waals surface area contributed by atoms with Crippen LogP contribution in [-0.4, -0.2) is 46.7 Å². The molecule has 4 nitrogen and oxygen atoms in total. The van der Waals surface area contributed by atoms with Gasteiger partial charge in [0.2, 0.25) is 0 Å². The molecule has 100 valence electrons. The normalized spacial score (nSPS) is 37.2. The molecule has 0 aromatic heterocycles. The molecular formula is C12H23NO3S. The van der Waals surface area contributed by atoms with Gasteiger partial charge in [0.05, 0.1) is 12.2 Å². The smallest absolute Gasteiger partial charge is 0.0948 e. The van der Waals surface area contributed by atoms with Gasteiger partial charge in [0, 0.05) is 47.5 Å². The number of nitrogens with two attached hydrogens (primary N) is 1. The maximum atomic E-state index is 12.2. The first-order valence-corrected chi connectivity index (χ1v) is 7.84. The van der Waals surface area contributed by atoms with Crippen LogP contribution in [0.3, 0.4) is 0 Å². The van der Waals surface area contributed by atoms with E-state index in [1.807, 2.05) is 6.92 Å². The van der Waals surface area contributed by atoms with E-state index in [2.05, 4.69) is 0 Å². The first-order chi connectivity index (χ1) is 8.11. The Balaban J connectivity index is 1.86. The molecular weight excluding hydrogens is 238 g/mol. The molecule has 5 heteroatoms. The fourth-order valence-electron chi connectivity index (χ4n) is 2.54. The van der Waals surface area contributed by atoms with Gasteiger partial charge in [0.15, 0.2) is 0 Å². The average molecular weight is 261 g/mol. The maximum absolute atomic E-state index is 12.2. The molecule has 2 saturated heterocycles. The summed E-state index contributed by atoms with van der Waals surface area (Å²) >= 11 is 0. The van der Waals surface area contributed by atoms with Crippen molar-refractivity contribution in [3.05, 3.63) is 0 Å². The molecule has 0 aromatic carbocycles. The molecule has 2 aliphatic heterocycles. The summed E-state index contributed by atoms with van der Waals surface area (Å²) in [5.74, 6) is 0.721. The van der Waals surface area contributed by atoms with Crippen molar-refractivity contribution in [2.24, 2.45) is 5.73 Å². The average Bonchev–Trinajstić information content (AvgIpc) is 2.74. The van der Waals surface area contributed by atoms with E-state index >= 15 is 0 Å². The minimum atomic E-state index is -0.765. The summed E-state index contributed by atoms with van der Waals surface area (Å²) in [4.78, 5) is 0. The molecule has 0 amide bonds. The van der Waals surface area contributed by atoms with Crippen molar-refractivity contribution >= 4 is 10.8 Å². The largest absolute Gasteiger partial charge is 0.378 e. The summed E-state index contributed by atoms with van der Waals surface area (Å²) in [6.07, 6.45) is 3.59. The van der Waals surface area contributed by atoms with Crippen molar-refractivity contribution in [2.75, 3.05) is 25.6 Å². The predicted octanol–water partition coefficient (Wildman–Crippen LogP) is 0.811. The van der Waals surface area contributed by atoms with Crippen molar-refractivity contribution in [2.45, 2.75) is 49.5 Å². The van der Waals surface area contributed by atoms with E-state index in [1.165, 1.54) is 0 Å². The van der Waals surface area contributed by atoms with Crippen LogP contribution in [0.25, 0.3) is 0 Å². The van der Waals surface area contributed by atoms with Crippen LogP contribution in [0.5, 0.6) is 0 Å². The van der Waals surface area contributed by atoms with Crippen LogP contribution in [0.1, 0.15) is 32.6 Å². The molecule has 0 bridgehead atoms. The van der Waals surface area contributed by atoms with Gasteiger partial charge in [0.25, 0.3) is 0 Å². The van der Waals surface area contributed by atoms with Gasteiger partial charge in [-0.25, -0.2) is 0 Å². The van der Waals surface area contributed by atoms with Crippen molar-refractivity contribution in [3.8, 4) is 0 Å². The van der Waals surface area contributed by atoms with Crippen LogP contribution < -0.4 is 5.73 Å². The topological polar surface area (TPSA) is 61.6 Å². The zero-order valence-electron chi connectivity index (χ0n) is 10.5. The number of ether oxygens (including phenoxy) is 2. The minimum absolute atomic E-state index is 0.132. The number of rotatable bonds is 4. The second-order valence-corrected chi connectivity index (χ2v) is 7.14. The first-order valence-electron chi connectivity index (χ1n) is 6.46. The lowest BCUT2D eigenvalue weighted by atomic mass is 9.93. The van der Waals surface area contributed by atoms with Gasteiger partial charge in [-0.3, -0.25) is 4.21 Å². The van der Waals surface area contributed by atoms with Gasteiger partial charge in [-0.1, -0.05) is 0 Å². The fraction of sp³-hybridized carbons (Fsp3) is 1.00. The van der Waals surface area contributed by atoms with E-state index in [0.717, 1.165) is 44.6 Å². The van der Waals surface area contributed by atoms with Crippen molar-refractivity contribution in [1.82, 2.24) is 0 Å². The molecule has 0 aromatic rings. The molecule has 2 heterocycles. The lowest BCUT2D eigenvalue weighted by molar-refractivity contribution is -0.0774. The van der Waals surface area contributed by atoms with Gasteiger partial charge < -0.3 is 15.2 Å². The van der Waals surface area contributed by atoms with Crippen molar-refractivity contribution in [1.29, 1.82) is 0 Å². The van der Waals surface area contributed by atoms with Crippen molar-refractivity contribution < 1.29 is 13.7 Å². The van der Waals surface area contributed by atoms with Gasteiger partial charge in [-0.2, -0.15) is 0 Å². The molecule has 2 rings (SSSR count). The maximum Gasteiger partial charge on any atom is 0.0948 e. The van der Waals surface area contributed by atoms with Crippen LogP contribution in [0, 0.1) is 0 Å². The SMILES string of the molecule is CC(N)CCS(=O)C1CCOC2(CCOC2)C1. The van der Waals surface area contributed by atoms with E-state index < -0.39 is 10.8 Å². The third-order valence-corrected chi connectivity index (χ3v) is 5.45. The molecule has 17 heavy (non-hydrogen) atoms. The Morgan fingerprint density at radius 3 is 3.00 bits per heavy atom. The van der Waals surface area contributed by atoms with Crippen LogP contribution in [0.15, 0.2) is 0 Å². The van der Waals surface area contributed by atoms with E-state index in [9.17, 15) is 4.21 Å². The van der Waals surface area contributed by atoms with Crippen LogP contribution in [0.2, 0.25) is 0 Å². The Morgan fingerprint density at radius 2 is 2.35 bits per heavy atom. The van der Waals surface area contributed by atoms with Gasteiger partial charge >= 0.3 is 0 Å². The molecule has 0 aliphatic carbocycles. The summed E-state index contributed by atoms with van der Waals surface area (Å²) in [6, 6.07) is 0.141. The van der Waals surface area contributed by atoms with Gasteiger partial charge in [0.1, 0.15) is 0 Å². The Bertz CT molecular complexity index is 277. The zero-order chi connectivity index (χ0) is 12.3. The highest BCUT2D eigenvalue weighted by molar-refractivity contribution is 7.85. The molecule has 0 saturated carbocycles. The van der Waals surface area contributed by atoms with Crippen LogP contribution >= 0.6 is 0 Å². The van der Waals surface area contributed by atoms with Crippen LogP contribution in [-0.2, 0) is 20.3 Å². The van der Waals surface area contributed by atoms with Gasteiger partial charge in [-0.05, 0) is 26.2 Å². The quantitative estimate of drug-likeness (QED) is 0.813. The summed E-state index contributed by atoms with van der Waals surface area (Å²) in [7, 11) is -0.765. The summed E-state index contributed by atoms with van der Waals surface area (Å²) in [5.41, 5.74) is 5.57. The second kappa shape index (κ2) is 5.78. The molecule has 4 unspecified atom stereocenters. The highest BCUT2D eigenvalue weighted by Crippen LogP contribution is 2.34. The van der Waals surface area contributed by atoms with Crippen molar-refractivity contribution in [3.63, 3.8) is 0 Å². The molecule has 0 radical (unpaired) electrons. The highest BCUT2D eigenvalue weighted by atomic mass is 32.2. The summed E-state index contributed by atoms with van der Waals surface area (Å²) in [6.45, 7) is 4.14. The van der Waals surface area contributed by atoms with E-state index in [0.29, 0.717) is 6.61 Å². The lowest BCUT2D eigenvalue weighted by Gasteiger charge is -2.36. The Kier molecular flexibility index (Phi) is 4.58. The molecule has 1 spiro atoms. The van der Waals surface area contributed by atoms with E-state index in [1.54, 1.807) is 0 Å². The Hall–Kier alpha value is 0.0300. The number of hydrogen-bond acceptors (Lipinski definition) is 4. The fourth-order valence-corrected chi connectivity index (χ4v) is 4.33. The molecule has 2 N–H and O–H groups in total. The molecule has 4 atom stereocenters. The van der Waals surface area contributed by atoms with E-state index in [4.69, 9.17) is 15.2 Å². The van der Waals surface area contributed by atoms with Crippen LogP contribution in [0.4, 0.5) is 0 Å². The standard InChI is InChI=1S/C12H23NO3S/c1-10(13)3-7-17(14)11-2-5-16-12(8-11)4-6-15-9-12/h10-11H,2-9,13H2,1H3. The van der Waals surface area contributed by atoms with E-state index in [-0.39, 0.29) is 16.9 Å². The monoisotopic (exact) mass is 261 g/mol.